The lowest BCUT2D eigenvalue weighted by Gasteiger charge is -2.14. The number of amides is 2. The largest absolute Gasteiger partial charge is 0.493 e. The lowest BCUT2D eigenvalue weighted by atomic mass is 10.1. The Morgan fingerprint density at radius 3 is 2.47 bits per heavy atom. The molecule has 3 rings (SSSR count). The van der Waals surface area contributed by atoms with Crippen LogP contribution in [0.2, 0.25) is 0 Å². The monoisotopic (exact) mass is 447 g/mol. The van der Waals surface area contributed by atoms with E-state index in [0.29, 0.717) is 11.3 Å². The van der Waals surface area contributed by atoms with E-state index in [1.165, 1.54) is 50.4 Å². The summed E-state index contributed by atoms with van der Waals surface area (Å²) in [6.45, 7) is 1.34. The molecule has 11 heteroatoms. The Morgan fingerprint density at radius 2 is 1.90 bits per heavy atom. The maximum absolute atomic E-state index is 12.8. The van der Waals surface area contributed by atoms with Crippen molar-refractivity contribution >= 4 is 50.6 Å². The molecule has 9 nitrogen and oxygen atoms in total. The van der Waals surface area contributed by atoms with Crippen LogP contribution in [0.5, 0.6) is 11.5 Å². The molecule has 0 atom stereocenters. The van der Waals surface area contributed by atoms with Gasteiger partial charge in [-0.3, -0.25) is 9.59 Å². The summed E-state index contributed by atoms with van der Waals surface area (Å²) < 4.78 is 36.2. The molecule has 1 heterocycles. The molecule has 3 N–H and O–H groups in total. The number of thioether (sulfide) groups is 1. The van der Waals surface area contributed by atoms with Gasteiger partial charge in [0.05, 0.1) is 12.0 Å². The smallest absolute Gasteiger partial charge is 0.339 e. The highest BCUT2D eigenvalue weighted by Gasteiger charge is 2.24. The van der Waals surface area contributed by atoms with Crippen LogP contribution >= 0.6 is 11.8 Å². The van der Waals surface area contributed by atoms with Gasteiger partial charge in [0.2, 0.25) is 5.91 Å². The highest BCUT2D eigenvalue weighted by molar-refractivity contribution is 8.18. The quantitative estimate of drug-likeness (QED) is 0.508. The molecule has 1 aliphatic heterocycles. The van der Waals surface area contributed by atoms with Crippen LogP contribution in [-0.2, 0) is 19.7 Å². The second-order valence-corrected chi connectivity index (χ2v) is 8.60. The van der Waals surface area contributed by atoms with Crippen molar-refractivity contribution in [3.63, 3.8) is 0 Å². The molecule has 0 aromatic heterocycles. The first-order valence-corrected chi connectivity index (χ1v) is 10.7. The van der Waals surface area contributed by atoms with E-state index in [-0.39, 0.29) is 32.4 Å². The number of methoxy groups -OCH3 is 1. The van der Waals surface area contributed by atoms with Crippen LogP contribution in [0.25, 0.3) is 6.08 Å². The number of amidine groups is 1. The van der Waals surface area contributed by atoms with Gasteiger partial charge in [0, 0.05) is 18.2 Å². The summed E-state index contributed by atoms with van der Waals surface area (Å²) in [5, 5.41) is 2.65. The van der Waals surface area contributed by atoms with Crippen molar-refractivity contribution in [1.82, 2.24) is 0 Å². The van der Waals surface area contributed by atoms with E-state index in [1.54, 1.807) is 12.1 Å². The van der Waals surface area contributed by atoms with Crippen molar-refractivity contribution in [2.75, 3.05) is 12.4 Å². The van der Waals surface area contributed by atoms with E-state index < -0.39 is 16.0 Å². The normalized spacial score (nSPS) is 15.1. The number of para-hydroxylation sites is 1. The average Bonchev–Trinajstić information content (AvgIpc) is 2.99. The van der Waals surface area contributed by atoms with Crippen LogP contribution in [0.4, 0.5) is 5.69 Å². The number of carbonyl (C=O) groups is 2. The number of nitrogens with two attached hydrogens (primary N) is 1. The number of hydrogen-bond donors (Lipinski definition) is 2. The molecule has 2 aromatic rings. The predicted octanol–water partition coefficient (Wildman–Crippen LogP) is 2.35. The Kier molecular flexibility index (Phi) is 6.13. The van der Waals surface area contributed by atoms with Gasteiger partial charge < -0.3 is 20.0 Å². The number of rotatable bonds is 6. The van der Waals surface area contributed by atoms with Crippen LogP contribution in [-0.4, -0.2) is 32.5 Å². The maximum atomic E-state index is 12.8. The van der Waals surface area contributed by atoms with Gasteiger partial charge >= 0.3 is 10.1 Å². The van der Waals surface area contributed by atoms with Crippen molar-refractivity contribution in [2.45, 2.75) is 11.8 Å². The molecule has 2 amide bonds. The molecule has 0 saturated carbocycles. The fourth-order valence-electron chi connectivity index (χ4n) is 2.53. The minimum atomic E-state index is -4.24. The molecule has 156 valence electrons. The van der Waals surface area contributed by atoms with E-state index in [9.17, 15) is 18.0 Å². The first kappa shape index (κ1) is 21.4. The van der Waals surface area contributed by atoms with E-state index in [2.05, 4.69) is 10.3 Å². The molecule has 2 aromatic carbocycles. The van der Waals surface area contributed by atoms with E-state index in [1.807, 2.05) is 0 Å². The Balaban J connectivity index is 1.96. The summed E-state index contributed by atoms with van der Waals surface area (Å²) in [6.07, 6.45) is 1.43. The summed E-state index contributed by atoms with van der Waals surface area (Å²) in [5.41, 5.74) is 6.30. The van der Waals surface area contributed by atoms with Gasteiger partial charge in [0.25, 0.3) is 5.91 Å². The van der Waals surface area contributed by atoms with Gasteiger partial charge in [-0.25, -0.2) is 0 Å². The van der Waals surface area contributed by atoms with Crippen molar-refractivity contribution in [3.8, 4) is 11.5 Å². The molecule has 30 heavy (non-hydrogen) atoms. The van der Waals surface area contributed by atoms with Crippen LogP contribution in [0.1, 0.15) is 12.5 Å². The highest BCUT2D eigenvalue weighted by atomic mass is 32.2. The third-order valence-electron chi connectivity index (χ3n) is 3.81. The van der Waals surface area contributed by atoms with Gasteiger partial charge in [0.15, 0.2) is 16.7 Å². The molecule has 0 fully saturated rings. The van der Waals surface area contributed by atoms with Gasteiger partial charge in [0.1, 0.15) is 4.90 Å². The molecule has 0 radical (unpaired) electrons. The number of ether oxygens (including phenoxy) is 1. The number of nitrogens with one attached hydrogen (secondary N) is 1. The minimum Gasteiger partial charge on any atom is -0.493 e. The van der Waals surface area contributed by atoms with Crippen LogP contribution in [0.3, 0.4) is 0 Å². The fraction of sp³-hybridized carbons (Fsp3) is 0.105. The summed E-state index contributed by atoms with van der Waals surface area (Å²) in [7, 11) is -2.87. The maximum Gasteiger partial charge on any atom is 0.339 e. The summed E-state index contributed by atoms with van der Waals surface area (Å²) in [5.74, 6) is -0.732. The summed E-state index contributed by atoms with van der Waals surface area (Å²) in [4.78, 5) is 26.7. The lowest BCUT2D eigenvalue weighted by molar-refractivity contribution is -0.114. The van der Waals surface area contributed by atoms with Crippen molar-refractivity contribution in [1.29, 1.82) is 0 Å². The molecule has 0 unspecified atom stereocenters. The number of anilines is 1. The average molecular weight is 447 g/mol. The molecule has 1 aliphatic rings. The number of nitrogens with zero attached hydrogens (tertiary/aromatic N) is 1. The van der Waals surface area contributed by atoms with Crippen molar-refractivity contribution in [3.05, 3.63) is 52.9 Å². The molecule has 0 spiro atoms. The van der Waals surface area contributed by atoms with E-state index >= 15 is 0 Å². The third-order valence-corrected chi connectivity index (χ3v) is 5.86. The Labute approximate surface area is 177 Å². The SMILES string of the molecule is COc1cccc(C=C2SC(N)=NC2=O)c1OS(=O)(=O)c1ccc(NC(C)=O)cc1. The van der Waals surface area contributed by atoms with E-state index in [4.69, 9.17) is 14.7 Å². The molecule has 0 aliphatic carbocycles. The third kappa shape index (κ3) is 4.81. The zero-order chi connectivity index (χ0) is 21.9. The van der Waals surface area contributed by atoms with Crippen LogP contribution < -0.4 is 20.0 Å². The summed E-state index contributed by atoms with van der Waals surface area (Å²) >= 11 is 0.970. The van der Waals surface area contributed by atoms with Gasteiger partial charge in [-0.2, -0.15) is 13.4 Å². The van der Waals surface area contributed by atoms with Gasteiger partial charge in [-0.1, -0.05) is 12.1 Å². The number of hydrogen-bond acceptors (Lipinski definition) is 8. The van der Waals surface area contributed by atoms with Crippen LogP contribution in [0.15, 0.2) is 57.3 Å². The minimum absolute atomic E-state index is 0.0858. The zero-order valence-corrected chi connectivity index (χ0v) is 17.5. The topological polar surface area (TPSA) is 137 Å². The zero-order valence-electron chi connectivity index (χ0n) is 15.9. The standard InChI is InChI=1S/C19H17N3O6S2/c1-11(23)21-13-6-8-14(9-7-13)30(25,26)28-17-12(4-3-5-15(17)27-2)10-16-18(24)22-19(20)29-16/h3-10H,1-2H3,(H,21,23)(H2,20,22,24). The predicted molar refractivity (Wildman–Crippen MR) is 114 cm³/mol. The second-order valence-electron chi connectivity index (χ2n) is 5.99. The Hall–Kier alpha value is -3.31. The second kappa shape index (κ2) is 8.59. The first-order chi connectivity index (χ1) is 14.2. The van der Waals surface area contributed by atoms with E-state index in [0.717, 1.165) is 11.8 Å². The lowest BCUT2D eigenvalue weighted by Crippen LogP contribution is -2.12. The molecular formula is C19H17N3O6S2. The number of carbonyl (C=O) groups excluding carboxylic acids is 2. The van der Waals surface area contributed by atoms with Gasteiger partial charge in [-0.05, 0) is 48.2 Å². The van der Waals surface area contributed by atoms with Crippen molar-refractivity contribution in [2.24, 2.45) is 10.7 Å². The number of aliphatic imine (C=N–C) groups is 1. The molecule has 0 saturated heterocycles. The summed E-state index contributed by atoms with van der Waals surface area (Å²) in [6, 6.07) is 10.2. The fourth-order valence-corrected chi connectivity index (χ4v) is 4.17. The first-order valence-electron chi connectivity index (χ1n) is 8.47. The Morgan fingerprint density at radius 1 is 1.20 bits per heavy atom. The van der Waals surface area contributed by atoms with Gasteiger partial charge in [-0.15, -0.1) is 0 Å². The molecule has 0 bridgehead atoms. The van der Waals surface area contributed by atoms with Crippen molar-refractivity contribution < 1.29 is 26.9 Å². The highest BCUT2D eigenvalue weighted by Crippen LogP contribution is 2.37. The Bertz CT molecular complexity index is 1170. The number of benzene rings is 2. The molecular weight excluding hydrogens is 430 g/mol. The van der Waals surface area contributed by atoms with Crippen LogP contribution in [0, 0.1) is 0 Å².